The molecule has 0 heterocycles. The minimum atomic E-state index is -0.350. The van der Waals surface area contributed by atoms with Crippen molar-refractivity contribution in [1.82, 2.24) is 10.2 Å². The largest absolute Gasteiger partial charge is 0.469 e. The molecule has 0 aliphatic heterocycles. The molecular formula is C19H28N2O4. The molecule has 0 fully saturated rings. The van der Waals surface area contributed by atoms with Gasteiger partial charge < -0.3 is 15.0 Å². The molecule has 0 atom stereocenters. The summed E-state index contributed by atoms with van der Waals surface area (Å²) in [5, 5.41) is 2.67. The first-order valence-electron chi connectivity index (χ1n) is 8.57. The normalized spacial score (nSPS) is 10.2. The maximum atomic E-state index is 12.4. The van der Waals surface area contributed by atoms with Crippen molar-refractivity contribution < 1.29 is 19.1 Å². The van der Waals surface area contributed by atoms with Gasteiger partial charge in [-0.05, 0) is 25.3 Å². The van der Waals surface area contributed by atoms with E-state index in [-0.39, 0.29) is 24.2 Å². The average Bonchev–Trinajstić information content (AvgIpc) is 2.58. The van der Waals surface area contributed by atoms with Crippen molar-refractivity contribution in [3.63, 3.8) is 0 Å². The number of rotatable bonds is 10. The van der Waals surface area contributed by atoms with E-state index in [2.05, 4.69) is 34.3 Å². The molecule has 0 saturated carbocycles. The van der Waals surface area contributed by atoms with Crippen molar-refractivity contribution in [3.8, 4) is 0 Å². The molecule has 0 aromatic heterocycles. The van der Waals surface area contributed by atoms with Gasteiger partial charge in [0.1, 0.15) is 0 Å². The molecule has 6 nitrogen and oxygen atoms in total. The number of nitrogens with one attached hydrogen (secondary N) is 1. The molecule has 25 heavy (non-hydrogen) atoms. The van der Waals surface area contributed by atoms with Crippen LogP contribution < -0.4 is 5.32 Å². The van der Waals surface area contributed by atoms with Crippen LogP contribution in [0.1, 0.15) is 37.3 Å². The summed E-state index contributed by atoms with van der Waals surface area (Å²) in [6, 6.07) is 8.28. The van der Waals surface area contributed by atoms with Gasteiger partial charge in [-0.25, -0.2) is 0 Å². The Morgan fingerprint density at radius 2 is 1.76 bits per heavy atom. The van der Waals surface area contributed by atoms with Crippen LogP contribution in [0.5, 0.6) is 0 Å². The van der Waals surface area contributed by atoms with Crippen LogP contribution >= 0.6 is 0 Å². The van der Waals surface area contributed by atoms with Crippen molar-refractivity contribution in [3.05, 3.63) is 35.4 Å². The average molecular weight is 348 g/mol. The number of benzene rings is 1. The highest BCUT2D eigenvalue weighted by Gasteiger charge is 2.15. The number of hydrogen-bond donors (Lipinski definition) is 1. The van der Waals surface area contributed by atoms with Gasteiger partial charge >= 0.3 is 5.97 Å². The highest BCUT2D eigenvalue weighted by atomic mass is 16.5. The highest BCUT2D eigenvalue weighted by molar-refractivity contribution is 5.77. The zero-order valence-electron chi connectivity index (χ0n) is 15.3. The summed E-state index contributed by atoms with van der Waals surface area (Å²) in [4.78, 5) is 36.3. The van der Waals surface area contributed by atoms with Gasteiger partial charge in [-0.1, -0.05) is 29.8 Å². The maximum Gasteiger partial charge on any atom is 0.307 e. The summed E-state index contributed by atoms with van der Waals surface area (Å²) in [5.74, 6) is -0.502. The van der Waals surface area contributed by atoms with Crippen LogP contribution in [0, 0.1) is 6.92 Å². The van der Waals surface area contributed by atoms with E-state index < -0.39 is 0 Å². The van der Waals surface area contributed by atoms with Crippen LogP contribution in [0.25, 0.3) is 0 Å². The van der Waals surface area contributed by atoms with Crippen molar-refractivity contribution in [2.24, 2.45) is 0 Å². The van der Waals surface area contributed by atoms with Gasteiger partial charge in [0.15, 0.2) is 0 Å². The molecule has 2 amide bonds. The number of amides is 2. The van der Waals surface area contributed by atoms with E-state index in [0.29, 0.717) is 26.1 Å². The first kappa shape index (κ1) is 20.7. The van der Waals surface area contributed by atoms with E-state index in [1.165, 1.54) is 25.2 Å². The maximum absolute atomic E-state index is 12.4. The summed E-state index contributed by atoms with van der Waals surface area (Å²) >= 11 is 0. The van der Waals surface area contributed by atoms with Crippen LogP contribution in [0.3, 0.4) is 0 Å². The molecule has 1 rings (SSSR count). The summed E-state index contributed by atoms with van der Waals surface area (Å²) in [5.41, 5.74) is 2.42. The zero-order valence-corrected chi connectivity index (χ0v) is 15.3. The molecule has 0 bridgehead atoms. The van der Waals surface area contributed by atoms with Gasteiger partial charge in [-0.15, -0.1) is 0 Å². The van der Waals surface area contributed by atoms with E-state index in [1.807, 2.05) is 6.92 Å². The van der Waals surface area contributed by atoms with Crippen LogP contribution in [-0.2, 0) is 25.5 Å². The molecule has 0 unspecified atom stereocenters. The van der Waals surface area contributed by atoms with E-state index in [9.17, 15) is 14.4 Å². The number of carbonyl (C=O) groups excluding carboxylic acids is 3. The van der Waals surface area contributed by atoms with Crippen LogP contribution in [0.15, 0.2) is 24.3 Å². The first-order valence-corrected chi connectivity index (χ1v) is 8.57. The molecule has 1 aromatic carbocycles. The lowest BCUT2D eigenvalue weighted by molar-refractivity contribution is -0.142. The number of nitrogens with zero attached hydrogens (tertiary/aromatic N) is 1. The Kier molecular flexibility index (Phi) is 9.29. The lowest BCUT2D eigenvalue weighted by Gasteiger charge is -2.22. The molecule has 0 spiro atoms. The van der Waals surface area contributed by atoms with E-state index in [4.69, 9.17) is 0 Å². The van der Waals surface area contributed by atoms with Gasteiger partial charge in [-0.3, -0.25) is 14.4 Å². The number of hydrogen-bond acceptors (Lipinski definition) is 4. The Morgan fingerprint density at radius 1 is 1.08 bits per heavy atom. The van der Waals surface area contributed by atoms with Crippen molar-refractivity contribution in [2.45, 2.75) is 39.5 Å². The first-order chi connectivity index (χ1) is 11.9. The van der Waals surface area contributed by atoms with Gasteiger partial charge in [0.2, 0.25) is 11.8 Å². The topological polar surface area (TPSA) is 75.7 Å². The fraction of sp³-hybridized carbons (Fsp3) is 0.526. The Bertz CT molecular complexity index is 569. The van der Waals surface area contributed by atoms with Crippen molar-refractivity contribution in [1.29, 1.82) is 0 Å². The predicted molar refractivity (Wildman–Crippen MR) is 96.0 cm³/mol. The molecule has 0 aliphatic carbocycles. The molecule has 1 N–H and O–H groups in total. The molecule has 138 valence electrons. The fourth-order valence-corrected chi connectivity index (χ4v) is 2.41. The number of ether oxygens (including phenoxy) is 1. The monoisotopic (exact) mass is 348 g/mol. The highest BCUT2D eigenvalue weighted by Crippen LogP contribution is 2.09. The second kappa shape index (κ2) is 11.2. The van der Waals surface area contributed by atoms with Crippen molar-refractivity contribution >= 4 is 17.8 Å². The SMILES string of the molecule is COC(=O)CCN(CCNC(C)=O)C(=O)CCCc1ccc(C)cc1. The third-order valence-corrected chi connectivity index (χ3v) is 3.90. The second-order valence-corrected chi connectivity index (χ2v) is 6.03. The Hall–Kier alpha value is -2.37. The second-order valence-electron chi connectivity index (χ2n) is 6.03. The lowest BCUT2D eigenvalue weighted by atomic mass is 10.1. The zero-order chi connectivity index (χ0) is 18.7. The summed E-state index contributed by atoms with van der Waals surface area (Å²) in [6.07, 6.45) is 2.15. The number of carbonyl (C=O) groups is 3. The smallest absolute Gasteiger partial charge is 0.307 e. The molecule has 0 saturated heterocycles. The number of aryl methyl sites for hydroxylation is 2. The van der Waals surface area contributed by atoms with Gasteiger partial charge in [0.25, 0.3) is 0 Å². The fourth-order valence-electron chi connectivity index (χ4n) is 2.41. The number of esters is 1. The minimum absolute atomic E-state index is 0.0126. The van der Waals surface area contributed by atoms with Crippen molar-refractivity contribution in [2.75, 3.05) is 26.7 Å². The van der Waals surface area contributed by atoms with Gasteiger partial charge in [0, 0.05) is 33.0 Å². The van der Waals surface area contributed by atoms with E-state index >= 15 is 0 Å². The Balaban J connectivity index is 2.46. The molecule has 6 heteroatoms. The molecule has 0 radical (unpaired) electrons. The molecule has 0 aliphatic rings. The van der Waals surface area contributed by atoms with E-state index in [1.54, 1.807) is 4.90 Å². The third-order valence-electron chi connectivity index (χ3n) is 3.90. The number of methoxy groups -OCH3 is 1. The summed E-state index contributed by atoms with van der Waals surface area (Å²) in [6.45, 7) is 4.54. The van der Waals surface area contributed by atoms with Crippen LogP contribution in [0.4, 0.5) is 0 Å². The summed E-state index contributed by atoms with van der Waals surface area (Å²) < 4.78 is 4.63. The molecule has 1 aromatic rings. The summed E-state index contributed by atoms with van der Waals surface area (Å²) in [7, 11) is 1.33. The Morgan fingerprint density at radius 3 is 2.36 bits per heavy atom. The lowest BCUT2D eigenvalue weighted by Crippen LogP contribution is -2.39. The third kappa shape index (κ3) is 8.88. The van der Waals surface area contributed by atoms with Gasteiger partial charge in [-0.2, -0.15) is 0 Å². The minimum Gasteiger partial charge on any atom is -0.469 e. The van der Waals surface area contributed by atoms with Crippen LogP contribution in [0.2, 0.25) is 0 Å². The molecular weight excluding hydrogens is 320 g/mol. The Labute approximate surface area is 149 Å². The van der Waals surface area contributed by atoms with Crippen LogP contribution in [-0.4, -0.2) is 49.4 Å². The predicted octanol–water partition coefficient (Wildman–Crippen LogP) is 1.85. The van der Waals surface area contributed by atoms with E-state index in [0.717, 1.165) is 12.8 Å². The van der Waals surface area contributed by atoms with Gasteiger partial charge in [0.05, 0.1) is 13.5 Å². The quantitative estimate of drug-likeness (QED) is 0.655. The standard InChI is InChI=1S/C19H28N2O4/c1-15-7-9-17(10-8-15)5-4-6-18(23)21(13-11-19(24)25-3)14-12-20-16(2)22/h7-10H,4-6,11-14H2,1-3H3,(H,20,22).